The Labute approximate surface area is 243 Å². The van der Waals surface area contributed by atoms with E-state index in [0.29, 0.717) is 32.2 Å². The second-order valence-corrected chi connectivity index (χ2v) is 11.5. The highest BCUT2D eigenvalue weighted by Crippen LogP contribution is 2.27. The number of nitrogens with one attached hydrogen (secondary N) is 2. The summed E-state index contributed by atoms with van der Waals surface area (Å²) in [6.45, 7) is 7.95. The Balaban J connectivity index is 1.77. The molecule has 1 aliphatic rings. The Kier molecular flexibility index (Phi) is 11.3. The molecular weight excluding hydrogens is 522 g/mol. The Morgan fingerprint density at radius 1 is 0.951 bits per heavy atom. The van der Waals surface area contributed by atoms with Gasteiger partial charge in [-0.05, 0) is 56.6 Å². The highest BCUT2D eigenvalue weighted by atomic mass is 16.6. The topological polar surface area (TPSA) is 114 Å². The monoisotopic (exact) mass is 565 g/mol. The molecule has 2 aromatic rings. The maximum Gasteiger partial charge on any atom is 0.410 e. The predicted octanol–water partition coefficient (Wildman–Crippen LogP) is 4.25. The molecule has 2 aromatic carbocycles. The van der Waals surface area contributed by atoms with Crippen LogP contribution < -0.4 is 10.6 Å². The lowest BCUT2D eigenvalue weighted by Crippen LogP contribution is -2.58. The summed E-state index contributed by atoms with van der Waals surface area (Å²) in [4.78, 5) is 54.1. The number of ether oxygens (including phenoxy) is 2. The van der Waals surface area contributed by atoms with Crippen LogP contribution in [-0.2, 0) is 36.9 Å². The zero-order valence-corrected chi connectivity index (χ0v) is 24.7. The quantitative estimate of drug-likeness (QED) is 0.372. The molecule has 0 aliphatic carbocycles. The number of likely N-dealkylation sites (tertiary alicyclic amines) is 1. The van der Waals surface area contributed by atoms with E-state index in [4.69, 9.17) is 9.47 Å². The molecule has 1 fully saturated rings. The second-order valence-electron chi connectivity index (χ2n) is 11.5. The molecule has 41 heavy (non-hydrogen) atoms. The number of nitrogens with zero attached hydrogens (tertiary/aromatic N) is 1. The first kappa shape index (κ1) is 31.6. The highest BCUT2D eigenvalue weighted by Gasteiger charge is 2.42. The summed E-state index contributed by atoms with van der Waals surface area (Å²) in [7, 11) is 1.30. The van der Waals surface area contributed by atoms with Gasteiger partial charge in [0.1, 0.15) is 18.7 Å². The van der Waals surface area contributed by atoms with Crippen molar-refractivity contribution < 1.29 is 28.7 Å². The van der Waals surface area contributed by atoms with E-state index in [2.05, 4.69) is 10.6 Å². The molecule has 0 spiro atoms. The van der Waals surface area contributed by atoms with Crippen LogP contribution in [0.4, 0.5) is 4.79 Å². The molecule has 9 nitrogen and oxygen atoms in total. The van der Waals surface area contributed by atoms with E-state index in [1.807, 2.05) is 74.5 Å². The fraction of sp³-hybridized carbons (Fsp3) is 0.500. The van der Waals surface area contributed by atoms with E-state index in [9.17, 15) is 19.2 Å². The lowest BCUT2D eigenvalue weighted by molar-refractivity contribution is -0.147. The van der Waals surface area contributed by atoms with Gasteiger partial charge < -0.3 is 20.1 Å². The Morgan fingerprint density at radius 3 is 2.15 bits per heavy atom. The average Bonchev–Trinajstić information content (AvgIpc) is 3.46. The predicted molar refractivity (Wildman–Crippen MR) is 156 cm³/mol. The van der Waals surface area contributed by atoms with Gasteiger partial charge in [-0.15, -0.1) is 0 Å². The van der Waals surface area contributed by atoms with Crippen molar-refractivity contribution >= 4 is 23.9 Å². The smallest absolute Gasteiger partial charge is 0.410 e. The zero-order chi connectivity index (χ0) is 30.0. The van der Waals surface area contributed by atoms with Gasteiger partial charge in [-0.2, -0.15) is 0 Å². The van der Waals surface area contributed by atoms with Crippen molar-refractivity contribution in [1.82, 2.24) is 15.5 Å². The first-order valence-corrected chi connectivity index (χ1v) is 14.2. The molecule has 3 amide bonds. The fourth-order valence-corrected chi connectivity index (χ4v) is 4.99. The number of amides is 3. The number of hydrogen-bond donors (Lipinski definition) is 2. The molecule has 0 aromatic heterocycles. The summed E-state index contributed by atoms with van der Waals surface area (Å²) >= 11 is 0. The second kappa shape index (κ2) is 14.7. The van der Waals surface area contributed by atoms with Crippen LogP contribution in [-0.4, -0.2) is 60.6 Å². The van der Waals surface area contributed by atoms with E-state index >= 15 is 0 Å². The summed E-state index contributed by atoms with van der Waals surface area (Å²) in [6.07, 6.45) is 1.42. The van der Waals surface area contributed by atoms with Crippen LogP contribution in [0.1, 0.15) is 58.1 Å². The number of esters is 1. The number of hydrogen-bond acceptors (Lipinski definition) is 6. The normalized spacial score (nSPS) is 16.5. The van der Waals surface area contributed by atoms with Gasteiger partial charge in [0.25, 0.3) is 0 Å². The Morgan fingerprint density at radius 2 is 1.56 bits per heavy atom. The van der Waals surface area contributed by atoms with E-state index in [1.54, 1.807) is 13.8 Å². The van der Waals surface area contributed by atoms with Crippen LogP contribution in [0.3, 0.4) is 0 Å². The third-order valence-electron chi connectivity index (χ3n) is 7.55. The molecule has 2 N–H and O–H groups in total. The van der Waals surface area contributed by atoms with E-state index in [1.165, 1.54) is 12.0 Å². The summed E-state index contributed by atoms with van der Waals surface area (Å²) in [5, 5.41) is 5.94. The van der Waals surface area contributed by atoms with E-state index in [-0.39, 0.29) is 24.3 Å². The first-order chi connectivity index (χ1) is 19.5. The summed E-state index contributed by atoms with van der Waals surface area (Å²) in [5.41, 5.74) is 0.696. The van der Waals surface area contributed by atoms with Crippen LogP contribution in [0.5, 0.6) is 0 Å². The van der Waals surface area contributed by atoms with Crippen molar-refractivity contribution in [3.63, 3.8) is 0 Å². The molecule has 9 heteroatoms. The minimum atomic E-state index is -1.11. The van der Waals surface area contributed by atoms with Crippen molar-refractivity contribution in [2.45, 2.75) is 78.1 Å². The van der Waals surface area contributed by atoms with Crippen LogP contribution >= 0.6 is 0 Å². The minimum absolute atomic E-state index is 0.117. The number of carbonyl (C=O) groups is 4. The van der Waals surface area contributed by atoms with Gasteiger partial charge in [-0.25, -0.2) is 9.59 Å². The van der Waals surface area contributed by atoms with Gasteiger partial charge in [0.15, 0.2) is 0 Å². The van der Waals surface area contributed by atoms with Crippen LogP contribution in [0.15, 0.2) is 60.7 Å². The molecule has 0 saturated carbocycles. The number of rotatable bonds is 12. The van der Waals surface area contributed by atoms with Crippen molar-refractivity contribution in [3.05, 3.63) is 71.8 Å². The van der Waals surface area contributed by atoms with E-state index in [0.717, 1.165) is 11.1 Å². The molecule has 0 bridgehead atoms. The Bertz CT molecular complexity index is 1170. The van der Waals surface area contributed by atoms with Gasteiger partial charge in [-0.1, -0.05) is 74.5 Å². The molecule has 0 radical (unpaired) electrons. The van der Waals surface area contributed by atoms with Gasteiger partial charge in [0, 0.05) is 12.6 Å². The SMILES string of the molecule is COC(=O)[C@H](CC(C)C)NC(=O)C(C)(C)[C@@H](Cc1ccccc1)NC(=O)[C@@H]1CCCN1C(=O)OCc1ccccc1. The van der Waals surface area contributed by atoms with Crippen molar-refractivity contribution in [1.29, 1.82) is 0 Å². The largest absolute Gasteiger partial charge is 0.467 e. The van der Waals surface area contributed by atoms with Gasteiger partial charge >= 0.3 is 12.1 Å². The van der Waals surface area contributed by atoms with Gasteiger partial charge in [0.2, 0.25) is 11.8 Å². The summed E-state index contributed by atoms with van der Waals surface area (Å²) in [6, 6.07) is 16.8. The van der Waals surface area contributed by atoms with Gasteiger partial charge in [-0.3, -0.25) is 14.5 Å². The van der Waals surface area contributed by atoms with E-state index < -0.39 is 35.6 Å². The van der Waals surface area contributed by atoms with Crippen molar-refractivity contribution in [3.8, 4) is 0 Å². The Hall–Kier alpha value is -3.88. The van der Waals surface area contributed by atoms with Crippen molar-refractivity contribution in [2.75, 3.05) is 13.7 Å². The molecule has 1 heterocycles. The number of benzene rings is 2. The molecule has 1 aliphatic heterocycles. The molecule has 3 atom stereocenters. The summed E-state index contributed by atoms with van der Waals surface area (Å²) in [5.74, 6) is -1.08. The standard InChI is InChI=1S/C32H43N3O6/c1-22(2)19-25(29(37)40-5)33-30(38)32(3,4)27(20-23-13-8-6-9-14-23)34-28(36)26-17-12-18-35(26)31(39)41-21-24-15-10-7-11-16-24/h6-11,13-16,22,25-27H,12,17-21H2,1-5H3,(H,33,38)(H,34,36)/t25-,26-,27+/m0/s1. The maximum atomic E-state index is 13.7. The lowest BCUT2D eigenvalue weighted by Gasteiger charge is -2.36. The fourth-order valence-electron chi connectivity index (χ4n) is 4.99. The van der Waals surface area contributed by atoms with Crippen LogP contribution in [0.25, 0.3) is 0 Å². The van der Waals surface area contributed by atoms with Crippen molar-refractivity contribution in [2.24, 2.45) is 11.3 Å². The third kappa shape index (κ3) is 8.80. The molecule has 0 unspecified atom stereocenters. The number of methoxy groups -OCH3 is 1. The van der Waals surface area contributed by atoms with Gasteiger partial charge in [0.05, 0.1) is 12.5 Å². The third-order valence-corrected chi connectivity index (χ3v) is 7.55. The molecule has 3 rings (SSSR count). The highest BCUT2D eigenvalue weighted by molar-refractivity contribution is 5.90. The molecule has 222 valence electrons. The molecular formula is C32H43N3O6. The average molecular weight is 566 g/mol. The van der Waals surface area contributed by atoms with Crippen LogP contribution in [0, 0.1) is 11.3 Å². The minimum Gasteiger partial charge on any atom is -0.467 e. The van der Waals surface area contributed by atoms with Crippen LogP contribution in [0.2, 0.25) is 0 Å². The maximum absolute atomic E-state index is 13.7. The zero-order valence-electron chi connectivity index (χ0n) is 24.7. The summed E-state index contributed by atoms with van der Waals surface area (Å²) < 4.78 is 10.4. The molecule has 1 saturated heterocycles. The first-order valence-electron chi connectivity index (χ1n) is 14.2. The lowest BCUT2D eigenvalue weighted by atomic mass is 9.79. The number of carbonyl (C=O) groups excluding carboxylic acids is 4.